The monoisotopic (exact) mass is 190 g/mol. The number of rotatable bonds is 3. The molecule has 0 fully saturated rings. The Bertz CT molecular complexity index is 259. The average molecular weight is 190 g/mol. The van der Waals surface area contributed by atoms with Crippen LogP contribution in [0, 0.1) is 6.92 Å². The van der Waals surface area contributed by atoms with Gasteiger partial charge < -0.3 is 0 Å². The molecule has 1 unspecified atom stereocenters. The summed E-state index contributed by atoms with van der Waals surface area (Å²) in [7, 11) is -0.732. The second-order valence-corrected chi connectivity index (χ2v) is 4.77. The summed E-state index contributed by atoms with van der Waals surface area (Å²) < 4.78 is 14.8. The van der Waals surface area contributed by atoms with Gasteiger partial charge in [0.2, 0.25) is 0 Å². The number of hydrogen-bond acceptors (Lipinski definition) is 4. The third-order valence-corrected chi connectivity index (χ3v) is 2.62. The number of aryl methyl sites for hydroxylation is 2. The lowest BCUT2D eigenvalue weighted by molar-refractivity contribution is 0.685. The predicted octanol–water partition coefficient (Wildman–Crippen LogP) is 0.768. The predicted molar refractivity (Wildman–Crippen MR) is 47.3 cm³/mol. The highest BCUT2D eigenvalue weighted by molar-refractivity contribution is 7.84. The minimum absolute atomic E-state index is 0.663. The molecule has 0 aromatic carbocycles. The Morgan fingerprint density at radius 3 is 2.82 bits per heavy atom. The van der Waals surface area contributed by atoms with Crippen molar-refractivity contribution in [1.29, 1.82) is 0 Å². The maximum absolute atomic E-state index is 10.7. The number of aromatic nitrogens is 2. The lowest BCUT2D eigenvalue weighted by atomic mass is 10.5. The van der Waals surface area contributed by atoms with Gasteiger partial charge in [0.15, 0.2) is 0 Å². The fourth-order valence-corrected chi connectivity index (χ4v) is 1.66. The fraction of sp³-hybridized carbons (Fsp3) is 0.667. The van der Waals surface area contributed by atoms with Gasteiger partial charge in [-0.05, 0) is 18.5 Å². The first-order valence-corrected chi connectivity index (χ1v) is 5.78. The first kappa shape index (κ1) is 8.80. The molecular weight excluding hydrogens is 180 g/mol. The topological polar surface area (TPSA) is 42.9 Å². The van der Waals surface area contributed by atoms with E-state index in [2.05, 4.69) is 9.36 Å². The third kappa shape index (κ3) is 3.07. The highest BCUT2D eigenvalue weighted by Crippen LogP contribution is 2.02. The lowest BCUT2D eigenvalue weighted by Crippen LogP contribution is -1.99. The van der Waals surface area contributed by atoms with E-state index in [-0.39, 0.29) is 0 Å². The van der Waals surface area contributed by atoms with Crippen molar-refractivity contribution >= 4 is 22.3 Å². The van der Waals surface area contributed by atoms with Crippen LogP contribution in [0.5, 0.6) is 0 Å². The van der Waals surface area contributed by atoms with E-state index in [4.69, 9.17) is 0 Å². The van der Waals surface area contributed by atoms with Crippen LogP contribution in [0.25, 0.3) is 0 Å². The molecule has 0 saturated heterocycles. The van der Waals surface area contributed by atoms with Gasteiger partial charge in [0.25, 0.3) is 0 Å². The van der Waals surface area contributed by atoms with Crippen LogP contribution in [0.4, 0.5) is 0 Å². The molecule has 0 N–H and O–H groups in total. The van der Waals surface area contributed by atoms with E-state index >= 15 is 0 Å². The van der Waals surface area contributed by atoms with Crippen LogP contribution in [0.15, 0.2) is 0 Å². The molecule has 1 atom stereocenters. The van der Waals surface area contributed by atoms with Crippen molar-refractivity contribution in [3.63, 3.8) is 0 Å². The van der Waals surface area contributed by atoms with E-state index < -0.39 is 10.8 Å². The van der Waals surface area contributed by atoms with Gasteiger partial charge >= 0.3 is 0 Å². The van der Waals surface area contributed by atoms with E-state index in [0.29, 0.717) is 5.75 Å². The van der Waals surface area contributed by atoms with Crippen LogP contribution in [0.3, 0.4) is 0 Å². The summed E-state index contributed by atoms with van der Waals surface area (Å²) in [5, 5.41) is 0.974. The Kier molecular flexibility index (Phi) is 3.14. The minimum Gasteiger partial charge on any atom is -0.260 e. The average Bonchev–Trinajstić information content (AvgIpc) is 2.31. The van der Waals surface area contributed by atoms with E-state index in [1.54, 1.807) is 6.26 Å². The van der Waals surface area contributed by atoms with Crippen LogP contribution >= 0.6 is 11.5 Å². The maximum atomic E-state index is 10.7. The maximum Gasteiger partial charge on any atom is 0.143 e. The van der Waals surface area contributed by atoms with Crippen LogP contribution in [-0.4, -0.2) is 25.6 Å². The Hall–Kier alpha value is -0.290. The Morgan fingerprint density at radius 2 is 2.36 bits per heavy atom. The fourth-order valence-electron chi connectivity index (χ4n) is 0.678. The molecule has 0 aliphatic heterocycles. The summed E-state index contributed by atoms with van der Waals surface area (Å²) in [6.45, 7) is 1.92. The smallest absolute Gasteiger partial charge is 0.143 e. The molecule has 5 heteroatoms. The van der Waals surface area contributed by atoms with Crippen LogP contribution in [0.1, 0.15) is 10.8 Å². The molecule has 0 bridgehead atoms. The van der Waals surface area contributed by atoms with E-state index in [0.717, 1.165) is 17.3 Å². The van der Waals surface area contributed by atoms with Crippen molar-refractivity contribution in [1.82, 2.24) is 9.36 Å². The summed E-state index contributed by atoms with van der Waals surface area (Å²) in [5.74, 6) is 1.48. The standard InChI is InChI=1S/C6H10N2OS2/c1-5-7-6(8-10-5)3-4-11(2)9/h3-4H2,1-2H3. The molecule has 0 radical (unpaired) electrons. The SMILES string of the molecule is Cc1nc(CCS(C)=O)ns1. The van der Waals surface area contributed by atoms with Crippen molar-refractivity contribution in [3.05, 3.63) is 10.8 Å². The zero-order valence-corrected chi connectivity index (χ0v) is 8.17. The molecule has 3 nitrogen and oxygen atoms in total. The summed E-state index contributed by atoms with van der Waals surface area (Å²) >= 11 is 1.40. The van der Waals surface area contributed by atoms with Crippen LogP contribution in [0.2, 0.25) is 0 Å². The summed E-state index contributed by atoms with van der Waals surface area (Å²) in [5.41, 5.74) is 0. The second kappa shape index (κ2) is 3.92. The van der Waals surface area contributed by atoms with Gasteiger partial charge in [-0.2, -0.15) is 4.37 Å². The van der Waals surface area contributed by atoms with Crippen molar-refractivity contribution < 1.29 is 4.21 Å². The first-order chi connectivity index (χ1) is 5.18. The van der Waals surface area contributed by atoms with E-state index in [1.807, 2.05) is 6.92 Å². The highest BCUT2D eigenvalue weighted by atomic mass is 32.2. The Morgan fingerprint density at radius 1 is 1.64 bits per heavy atom. The molecule has 0 aliphatic rings. The van der Waals surface area contributed by atoms with Crippen LogP contribution < -0.4 is 0 Å². The van der Waals surface area contributed by atoms with Crippen molar-refractivity contribution in [2.75, 3.05) is 12.0 Å². The molecule has 0 spiro atoms. The summed E-state index contributed by atoms with van der Waals surface area (Å²) in [6, 6.07) is 0. The van der Waals surface area contributed by atoms with Gasteiger partial charge in [0.05, 0.1) is 0 Å². The molecule has 11 heavy (non-hydrogen) atoms. The van der Waals surface area contributed by atoms with Crippen molar-refractivity contribution in [2.45, 2.75) is 13.3 Å². The number of nitrogens with zero attached hydrogens (tertiary/aromatic N) is 2. The molecule has 0 amide bonds. The second-order valence-electron chi connectivity index (χ2n) is 2.26. The highest BCUT2D eigenvalue weighted by Gasteiger charge is 2.00. The zero-order chi connectivity index (χ0) is 8.27. The summed E-state index contributed by atoms with van der Waals surface area (Å²) in [4.78, 5) is 4.16. The largest absolute Gasteiger partial charge is 0.260 e. The lowest BCUT2D eigenvalue weighted by Gasteiger charge is -1.89. The van der Waals surface area contributed by atoms with Crippen LogP contribution in [-0.2, 0) is 17.2 Å². The van der Waals surface area contributed by atoms with Gasteiger partial charge in [0.1, 0.15) is 10.8 Å². The Balaban J connectivity index is 2.45. The molecule has 0 saturated carbocycles. The zero-order valence-electron chi connectivity index (χ0n) is 6.53. The minimum atomic E-state index is -0.732. The van der Waals surface area contributed by atoms with Gasteiger partial charge in [-0.25, -0.2) is 4.98 Å². The molecule has 1 heterocycles. The van der Waals surface area contributed by atoms with Gasteiger partial charge in [-0.1, -0.05) is 0 Å². The molecule has 62 valence electrons. The Labute approximate surface area is 72.5 Å². The quantitative estimate of drug-likeness (QED) is 0.707. The molecule has 1 aromatic rings. The molecule has 0 aliphatic carbocycles. The molecule has 1 rings (SSSR count). The van der Waals surface area contributed by atoms with Gasteiger partial charge in [0, 0.05) is 29.2 Å². The molecule has 1 aromatic heterocycles. The van der Waals surface area contributed by atoms with Gasteiger partial charge in [-0.15, -0.1) is 0 Å². The van der Waals surface area contributed by atoms with E-state index in [1.165, 1.54) is 11.5 Å². The number of hydrogen-bond donors (Lipinski definition) is 0. The first-order valence-electron chi connectivity index (χ1n) is 3.27. The van der Waals surface area contributed by atoms with E-state index in [9.17, 15) is 4.21 Å². The third-order valence-electron chi connectivity index (χ3n) is 1.18. The summed E-state index contributed by atoms with van der Waals surface area (Å²) in [6.07, 6.45) is 2.42. The molecular formula is C6H10N2OS2. The normalized spacial score (nSPS) is 13.3. The van der Waals surface area contributed by atoms with Gasteiger partial charge in [-0.3, -0.25) is 4.21 Å². The van der Waals surface area contributed by atoms with Crippen molar-refractivity contribution in [2.24, 2.45) is 0 Å². The van der Waals surface area contributed by atoms with Crippen molar-refractivity contribution in [3.8, 4) is 0 Å².